The number of nitrogens with one attached hydrogen (secondary N) is 1. The second-order valence-corrected chi connectivity index (χ2v) is 9.99. The lowest BCUT2D eigenvalue weighted by atomic mass is 9.90. The van der Waals surface area contributed by atoms with Crippen LogP contribution in [0.15, 0.2) is 83.8 Å². The van der Waals surface area contributed by atoms with E-state index in [2.05, 4.69) is 10.2 Å². The van der Waals surface area contributed by atoms with Gasteiger partial charge in [-0.05, 0) is 112 Å². The number of hydrogen-bond acceptors (Lipinski definition) is 3. The van der Waals surface area contributed by atoms with E-state index in [0.717, 1.165) is 56.7 Å². The highest BCUT2D eigenvalue weighted by atomic mass is 32.2. The van der Waals surface area contributed by atoms with Crippen molar-refractivity contribution in [1.82, 2.24) is 4.90 Å². The fourth-order valence-electron chi connectivity index (χ4n) is 4.64. The van der Waals surface area contributed by atoms with Gasteiger partial charge in [0, 0.05) is 22.8 Å². The minimum atomic E-state index is -0.171. The lowest BCUT2D eigenvalue weighted by molar-refractivity contribution is 0.183. The molecule has 2 amide bonds. The van der Waals surface area contributed by atoms with E-state index in [4.69, 9.17) is 0 Å². The second-order valence-electron chi connectivity index (χ2n) is 9.12. The Hall–Kier alpha value is -2.83. The van der Waals surface area contributed by atoms with Crippen LogP contribution in [0.3, 0.4) is 0 Å². The van der Waals surface area contributed by atoms with Crippen molar-refractivity contribution in [3.8, 4) is 0 Å². The van der Waals surface area contributed by atoms with E-state index in [1.165, 1.54) is 10.5 Å². The topological polar surface area (TPSA) is 35.6 Å². The summed E-state index contributed by atoms with van der Waals surface area (Å²) >= 11 is 1.68. The van der Waals surface area contributed by atoms with Crippen LogP contribution in [-0.2, 0) is 6.42 Å². The predicted octanol–water partition coefficient (Wildman–Crippen LogP) is 6.93. The Kier molecular flexibility index (Phi) is 9.21. The lowest BCUT2D eigenvalue weighted by Crippen LogP contribution is -2.39. The monoisotopic (exact) mass is 491 g/mol. The Bertz CT molecular complexity index is 1050. The molecule has 0 bridgehead atoms. The van der Waals surface area contributed by atoms with Crippen molar-refractivity contribution in [1.29, 1.82) is 0 Å². The average Bonchev–Trinajstić information content (AvgIpc) is 2.90. The molecule has 0 atom stereocenters. The SMILES string of the molecule is CSc1ccc(NC(=O)N(CCCN2CCC(Cc3ccc(F)cc3)CC2)c2ccccc2)cc1. The number of halogens is 1. The number of rotatable bonds is 9. The van der Waals surface area contributed by atoms with Crippen LogP contribution in [0.25, 0.3) is 0 Å². The third kappa shape index (κ3) is 7.58. The van der Waals surface area contributed by atoms with Crippen molar-refractivity contribution in [2.75, 3.05) is 42.7 Å². The highest BCUT2D eigenvalue weighted by Gasteiger charge is 2.21. The summed E-state index contributed by atoms with van der Waals surface area (Å²) in [6, 6.07) is 24.6. The number of carbonyl (C=O) groups is 1. The highest BCUT2D eigenvalue weighted by molar-refractivity contribution is 7.98. The summed E-state index contributed by atoms with van der Waals surface area (Å²) in [7, 11) is 0. The van der Waals surface area contributed by atoms with Gasteiger partial charge in [-0.3, -0.25) is 4.90 Å². The highest BCUT2D eigenvalue weighted by Crippen LogP contribution is 2.23. The summed E-state index contributed by atoms with van der Waals surface area (Å²) in [6.07, 6.45) is 6.29. The molecule has 3 aromatic rings. The van der Waals surface area contributed by atoms with E-state index in [0.29, 0.717) is 12.5 Å². The Balaban J connectivity index is 1.27. The van der Waals surface area contributed by atoms with Crippen molar-refractivity contribution in [3.63, 3.8) is 0 Å². The molecule has 0 saturated carbocycles. The first-order valence-electron chi connectivity index (χ1n) is 12.3. The van der Waals surface area contributed by atoms with Crippen LogP contribution in [-0.4, -0.2) is 43.4 Å². The molecule has 3 aromatic carbocycles. The molecule has 0 aromatic heterocycles. The summed E-state index contributed by atoms with van der Waals surface area (Å²) in [5.74, 6) is 0.482. The summed E-state index contributed by atoms with van der Waals surface area (Å²) in [5, 5.41) is 3.05. The molecule has 1 aliphatic rings. The fourth-order valence-corrected chi connectivity index (χ4v) is 5.05. The van der Waals surface area contributed by atoms with Crippen molar-refractivity contribution >= 4 is 29.2 Å². The Morgan fingerprint density at radius 3 is 2.34 bits per heavy atom. The van der Waals surface area contributed by atoms with Crippen LogP contribution < -0.4 is 10.2 Å². The summed E-state index contributed by atoms with van der Waals surface area (Å²) in [5.41, 5.74) is 2.93. The first-order chi connectivity index (χ1) is 17.1. The molecule has 1 N–H and O–H groups in total. The molecule has 35 heavy (non-hydrogen) atoms. The van der Waals surface area contributed by atoms with Crippen molar-refractivity contribution in [2.45, 2.75) is 30.6 Å². The number of amides is 2. The number of nitrogens with zero attached hydrogens (tertiary/aromatic N) is 2. The van der Waals surface area contributed by atoms with E-state index < -0.39 is 0 Å². The van der Waals surface area contributed by atoms with Crippen molar-refractivity contribution in [3.05, 3.63) is 90.2 Å². The Labute approximate surface area is 212 Å². The first kappa shape index (κ1) is 25.3. The van der Waals surface area contributed by atoms with Crippen LogP contribution >= 0.6 is 11.8 Å². The molecule has 0 aliphatic carbocycles. The molecule has 1 fully saturated rings. The smallest absolute Gasteiger partial charge is 0.308 e. The number of urea groups is 1. The van der Waals surface area contributed by atoms with Gasteiger partial charge >= 0.3 is 6.03 Å². The van der Waals surface area contributed by atoms with Gasteiger partial charge in [0.1, 0.15) is 5.82 Å². The third-order valence-electron chi connectivity index (χ3n) is 6.66. The molecule has 6 heteroatoms. The second kappa shape index (κ2) is 12.8. The molecule has 0 spiro atoms. The van der Waals surface area contributed by atoms with Gasteiger partial charge in [0.2, 0.25) is 0 Å². The van der Waals surface area contributed by atoms with Crippen LogP contribution in [0, 0.1) is 11.7 Å². The number of carbonyl (C=O) groups excluding carboxylic acids is 1. The molecular weight excluding hydrogens is 457 g/mol. The number of para-hydroxylation sites is 1. The van der Waals surface area contributed by atoms with Gasteiger partial charge in [-0.1, -0.05) is 30.3 Å². The summed E-state index contributed by atoms with van der Waals surface area (Å²) in [4.78, 5) is 18.7. The normalized spacial score (nSPS) is 14.6. The molecule has 1 saturated heterocycles. The van der Waals surface area contributed by atoms with Gasteiger partial charge in [-0.2, -0.15) is 0 Å². The average molecular weight is 492 g/mol. The number of piperidine rings is 1. The number of hydrogen-bond donors (Lipinski definition) is 1. The lowest BCUT2D eigenvalue weighted by Gasteiger charge is -2.32. The van der Waals surface area contributed by atoms with Gasteiger partial charge in [0.15, 0.2) is 0 Å². The Morgan fingerprint density at radius 1 is 1.00 bits per heavy atom. The Morgan fingerprint density at radius 2 is 1.69 bits per heavy atom. The number of anilines is 2. The van der Waals surface area contributed by atoms with Gasteiger partial charge in [0.25, 0.3) is 0 Å². The maximum atomic E-state index is 13.2. The predicted molar refractivity (Wildman–Crippen MR) is 145 cm³/mol. The number of benzene rings is 3. The van der Waals surface area contributed by atoms with E-state index in [-0.39, 0.29) is 11.8 Å². The maximum Gasteiger partial charge on any atom is 0.326 e. The molecular formula is C29H34FN3OS. The molecule has 0 radical (unpaired) electrons. The fraction of sp³-hybridized carbons (Fsp3) is 0.345. The third-order valence-corrected chi connectivity index (χ3v) is 7.40. The van der Waals surface area contributed by atoms with Crippen LogP contribution in [0.2, 0.25) is 0 Å². The molecule has 1 aliphatic heterocycles. The summed E-state index contributed by atoms with van der Waals surface area (Å²) < 4.78 is 13.2. The largest absolute Gasteiger partial charge is 0.326 e. The van der Waals surface area contributed by atoms with Gasteiger partial charge in [0.05, 0.1) is 0 Å². The zero-order valence-corrected chi connectivity index (χ0v) is 21.1. The number of likely N-dealkylation sites (tertiary alicyclic amines) is 1. The maximum absolute atomic E-state index is 13.2. The number of thioether (sulfide) groups is 1. The zero-order valence-electron chi connectivity index (χ0n) is 20.3. The van der Waals surface area contributed by atoms with Crippen molar-refractivity contribution in [2.24, 2.45) is 5.92 Å². The van der Waals surface area contributed by atoms with Crippen LogP contribution in [0.4, 0.5) is 20.6 Å². The zero-order chi connectivity index (χ0) is 24.5. The van der Waals surface area contributed by atoms with E-state index in [1.807, 2.05) is 77.9 Å². The van der Waals surface area contributed by atoms with E-state index >= 15 is 0 Å². The minimum absolute atomic E-state index is 0.105. The van der Waals surface area contributed by atoms with E-state index in [1.54, 1.807) is 23.9 Å². The van der Waals surface area contributed by atoms with E-state index in [9.17, 15) is 9.18 Å². The molecule has 0 unspecified atom stereocenters. The van der Waals surface area contributed by atoms with Crippen LogP contribution in [0.5, 0.6) is 0 Å². The summed E-state index contributed by atoms with van der Waals surface area (Å²) in [6.45, 7) is 3.78. The molecule has 4 rings (SSSR count). The first-order valence-corrected chi connectivity index (χ1v) is 13.6. The van der Waals surface area contributed by atoms with Crippen molar-refractivity contribution < 1.29 is 9.18 Å². The quantitative estimate of drug-likeness (QED) is 0.330. The minimum Gasteiger partial charge on any atom is -0.308 e. The van der Waals surface area contributed by atoms with Crippen LogP contribution in [0.1, 0.15) is 24.8 Å². The molecule has 184 valence electrons. The van der Waals surface area contributed by atoms with Gasteiger partial charge in [-0.15, -0.1) is 11.8 Å². The molecule has 4 nitrogen and oxygen atoms in total. The standard InChI is InChI=1S/C29H34FN3OS/c1-35-28-14-12-26(13-15-28)31-29(34)33(27-6-3-2-4-7-27)19-5-18-32-20-16-24(17-21-32)22-23-8-10-25(30)11-9-23/h2-4,6-15,24H,5,16-22H2,1H3,(H,31,34). The van der Waals surface area contributed by atoms with Gasteiger partial charge in [-0.25, -0.2) is 9.18 Å². The van der Waals surface area contributed by atoms with Gasteiger partial charge < -0.3 is 10.2 Å². The molecule has 1 heterocycles.